The Morgan fingerprint density at radius 3 is 2.09 bits per heavy atom. The van der Waals surface area contributed by atoms with Crippen LogP contribution in [0.15, 0.2) is 48.5 Å². The molecule has 170 valence electrons. The average Bonchev–Trinajstić information content (AvgIpc) is 3.06. The fraction of sp³-hybridized carbons (Fsp3) is 0.440. The van der Waals surface area contributed by atoms with E-state index >= 15 is 0 Å². The van der Waals surface area contributed by atoms with Crippen LogP contribution in [0, 0.1) is 0 Å². The number of rotatable bonds is 5. The zero-order chi connectivity index (χ0) is 23.3. The number of aliphatic hydroxyl groups excluding tert-OH is 1. The number of carbonyl (C=O) groups is 2. The molecule has 1 heterocycles. The van der Waals surface area contributed by atoms with Crippen LogP contribution >= 0.6 is 0 Å². The molecule has 0 radical (unpaired) electrons. The van der Waals surface area contributed by atoms with Crippen LogP contribution in [0.2, 0.25) is 18.1 Å². The standard InChI is InChI=1S/C25H32N2O4Si/c1-25(2,3)32(4,5)27-21(14-28)22(23(27)29)26-24(30)31-15-20-18-12-8-6-10-16(18)17-11-7-9-13-19(17)20/h6-13,20-22,28H,14-15H2,1-5H3,(H,26,30)/t21-,22+/m0/s1. The lowest BCUT2D eigenvalue weighted by Crippen LogP contribution is -2.79. The van der Waals surface area contributed by atoms with Crippen molar-refractivity contribution in [2.45, 2.75) is 56.9 Å². The first kappa shape index (κ1) is 22.5. The second kappa shape index (κ2) is 8.05. The Morgan fingerprint density at radius 1 is 1.06 bits per heavy atom. The van der Waals surface area contributed by atoms with Crippen molar-refractivity contribution in [1.82, 2.24) is 9.88 Å². The van der Waals surface area contributed by atoms with Gasteiger partial charge in [0.1, 0.15) is 12.6 Å². The normalized spacial score (nSPS) is 20.4. The fourth-order valence-electron chi connectivity index (χ4n) is 4.71. The zero-order valence-electron chi connectivity index (χ0n) is 19.4. The van der Waals surface area contributed by atoms with Crippen LogP contribution in [0.1, 0.15) is 37.8 Å². The van der Waals surface area contributed by atoms with E-state index in [0.29, 0.717) is 0 Å². The van der Waals surface area contributed by atoms with E-state index in [-0.39, 0.29) is 30.1 Å². The lowest BCUT2D eigenvalue weighted by Gasteiger charge is -2.57. The molecule has 6 nitrogen and oxygen atoms in total. The highest BCUT2D eigenvalue weighted by molar-refractivity contribution is 6.80. The van der Waals surface area contributed by atoms with Crippen molar-refractivity contribution >= 4 is 20.2 Å². The van der Waals surface area contributed by atoms with E-state index in [2.05, 4.69) is 63.4 Å². The van der Waals surface area contributed by atoms with Gasteiger partial charge in [0, 0.05) is 5.92 Å². The van der Waals surface area contributed by atoms with Gasteiger partial charge in [-0.1, -0.05) is 82.4 Å². The van der Waals surface area contributed by atoms with Crippen molar-refractivity contribution in [1.29, 1.82) is 0 Å². The van der Waals surface area contributed by atoms with E-state index in [1.807, 2.05) is 28.8 Å². The average molecular weight is 453 g/mol. The van der Waals surface area contributed by atoms with E-state index < -0.39 is 26.4 Å². The predicted molar refractivity (Wildman–Crippen MR) is 127 cm³/mol. The minimum absolute atomic E-state index is 0.0392. The summed E-state index contributed by atoms with van der Waals surface area (Å²) in [7, 11) is -2.15. The summed E-state index contributed by atoms with van der Waals surface area (Å²) in [5, 5.41) is 12.6. The van der Waals surface area contributed by atoms with Crippen LogP contribution in [-0.2, 0) is 9.53 Å². The molecule has 32 heavy (non-hydrogen) atoms. The predicted octanol–water partition coefficient (Wildman–Crippen LogP) is 4.10. The number of β-lactam (4-membered cyclic amide) rings is 1. The van der Waals surface area contributed by atoms with Gasteiger partial charge in [0.05, 0.1) is 12.6 Å². The minimum atomic E-state index is -2.15. The largest absolute Gasteiger partial charge is 0.449 e. The molecule has 2 aromatic rings. The number of carbonyl (C=O) groups excluding carboxylic acids is 2. The number of fused-ring (bicyclic) bond motifs is 3. The molecule has 2 atom stereocenters. The van der Waals surface area contributed by atoms with Crippen molar-refractivity contribution < 1.29 is 19.4 Å². The van der Waals surface area contributed by atoms with Gasteiger partial charge in [-0.3, -0.25) is 4.79 Å². The summed E-state index contributed by atoms with van der Waals surface area (Å²) in [5.41, 5.74) is 4.60. The molecule has 2 aliphatic rings. The first-order valence-corrected chi connectivity index (χ1v) is 14.1. The summed E-state index contributed by atoms with van der Waals surface area (Å²) in [6.07, 6.45) is -0.626. The van der Waals surface area contributed by atoms with Crippen LogP contribution < -0.4 is 5.32 Å². The molecule has 1 fully saturated rings. The van der Waals surface area contributed by atoms with E-state index in [1.54, 1.807) is 0 Å². The van der Waals surface area contributed by atoms with Crippen molar-refractivity contribution in [2.24, 2.45) is 0 Å². The molecule has 0 unspecified atom stereocenters. The van der Waals surface area contributed by atoms with Crippen molar-refractivity contribution in [3.63, 3.8) is 0 Å². The third kappa shape index (κ3) is 3.53. The molecule has 2 N–H and O–H groups in total. The second-order valence-electron chi connectivity index (χ2n) is 10.2. The molecule has 4 rings (SSSR count). The maximum atomic E-state index is 12.9. The van der Waals surface area contributed by atoms with Crippen molar-refractivity contribution in [2.75, 3.05) is 13.2 Å². The monoisotopic (exact) mass is 452 g/mol. The van der Waals surface area contributed by atoms with E-state index in [1.165, 1.54) is 0 Å². The fourth-order valence-corrected chi connectivity index (χ4v) is 7.18. The lowest BCUT2D eigenvalue weighted by atomic mass is 9.98. The Labute approximate surface area is 190 Å². The molecule has 1 aliphatic heterocycles. The van der Waals surface area contributed by atoms with Gasteiger partial charge in [-0.2, -0.15) is 0 Å². The highest BCUT2D eigenvalue weighted by Gasteiger charge is 2.57. The quantitative estimate of drug-likeness (QED) is 0.529. The molecule has 2 aromatic carbocycles. The number of amides is 2. The Balaban J connectivity index is 1.43. The van der Waals surface area contributed by atoms with Crippen LogP contribution in [0.5, 0.6) is 0 Å². The summed E-state index contributed by atoms with van der Waals surface area (Å²) in [6, 6.07) is 15.1. The Morgan fingerprint density at radius 2 is 1.59 bits per heavy atom. The molecule has 2 amide bonds. The minimum Gasteiger partial charge on any atom is -0.449 e. The molecule has 7 heteroatoms. The molecule has 0 saturated carbocycles. The number of ether oxygens (including phenoxy) is 1. The molecule has 1 saturated heterocycles. The van der Waals surface area contributed by atoms with Crippen LogP contribution in [0.25, 0.3) is 11.1 Å². The Bertz CT molecular complexity index is 1000. The smallest absolute Gasteiger partial charge is 0.407 e. The number of hydrogen-bond donors (Lipinski definition) is 2. The summed E-state index contributed by atoms with van der Waals surface area (Å²) in [6.45, 7) is 10.6. The highest BCUT2D eigenvalue weighted by Crippen LogP contribution is 2.45. The summed E-state index contributed by atoms with van der Waals surface area (Å²) >= 11 is 0. The van der Waals surface area contributed by atoms with E-state index in [4.69, 9.17) is 4.74 Å². The maximum Gasteiger partial charge on any atom is 0.407 e. The van der Waals surface area contributed by atoms with Gasteiger partial charge in [0.2, 0.25) is 5.91 Å². The number of nitrogens with one attached hydrogen (secondary N) is 1. The van der Waals surface area contributed by atoms with Gasteiger partial charge >= 0.3 is 6.09 Å². The van der Waals surface area contributed by atoms with Gasteiger partial charge in [-0.05, 0) is 27.3 Å². The zero-order valence-corrected chi connectivity index (χ0v) is 20.4. The number of benzene rings is 2. The van der Waals surface area contributed by atoms with E-state index in [9.17, 15) is 14.7 Å². The SMILES string of the molecule is CC(C)(C)[Si](C)(C)N1C(=O)[C@H](NC(=O)OCC2c3ccccc3-c3ccccc32)[C@@H]1CO. The number of aliphatic hydroxyl groups is 1. The molecule has 0 bridgehead atoms. The van der Waals surface area contributed by atoms with Crippen LogP contribution in [0.3, 0.4) is 0 Å². The van der Waals surface area contributed by atoms with E-state index in [0.717, 1.165) is 22.3 Å². The third-order valence-electron chi connectivity index (χ3n) is 7.46. The highest BCUT2D eigenvalue weighted by atomic mass is 28.3. The van der Waals surface area contributed by atoms with Crippen LogP contribution in [-0.4, -0.2) is 55.2 Å². The molecule has 0 spiro atoms. The summed E-state index contributed by atoms with van der Waals surface area (Å²) in [5.74, 6) is -0.174. The van der Waals surface area contributed by atoms with Crippen molar-refractivity contribution in [3.8, 4) is 11.1 Å². The number of alkyl carbamates (subject to hydrolysis) is 1. The summed E-state index contributed by atoms with van der Waals surface area (Å²) in [4.78, 5) is 25.5. The summed E-state index contributed by atoms with van der Waals surface area (Å²) < 4.78 is 7.41. The van der Waals surface area contributed by atoms with Crippen LogP contribution in [0.4, 0.5) is 4.79 Å². The molecule has 1 aliphatic carbocycles. The van der Waals surface area contributed by atoms with Gasteiger partial charge < -0.3 is 19.7 Å². The number of nitrogens with zero attached hydrogens (tertiary/aromatic N) is 1. The third-order valence-corrected chi connectivity index (χ3v) is 12.9. The van der Waals surface area contributed by atoms with Gasteiger partial charge in [0.15, 0.2) is 8.24 Å². The first-order valence-electron chi connectivity index (χ1n) is 11.1. The number of hydrogen-bond acceptors (Lipinski definition) is 4. The van der Waals surface area contributed by atoms with Gasteiger partial charge in [0.25, 0.3) is 0 Å². The van der Waals surface area contributed by atoms with Gasteiger partial charge in [-0.25, -0.2) is 4.79 Å². The molecular weight excluding hydrogens is 420 g/mol. The second-order valence-corrected chi connectivity index (χ2v) is 15.3. The topological polar surface area (TPSA) is 78.9 Å². The first-order chi connectivity index (χ1) is 15.1. The Kier molecular flexibility index (Phi) is 5.67. The molecule has 0 aromatic heterocycles. The van der Waals surface area contributed by atoms with Gasteiger partial charge in [-0.15, -0.1) is 0 Å². The maximum absolute atomic E-state index is 12.9. The Hall–Kier alpha value is -2.64. The molecular formula is C25H32N2O4Si. The lowest BCUT2D eigenvalue weighted by molar-refractivity contribution is -0.145. The van der Waals surface area contributed by atoms with Crippen molar-refractivity contribution in [3.05, 3.63) is 59.7 Å².